The van der Waals surface area contributed by atoms with Crippen LogP contribution >= 0.6 is 22.7 Å². The Labute approximate surface area is 153 Å². The molecule has 25 heavy (non-hydrogen) atoms. The molecular weight excluding hydrogens is 360 g/mol. The molecule has 0 aliphatic heterocycles. The maximum absolute atomic E-state index is 12.6. The molecule has 2 aromatic heterocycles. The Bertz CT molecular complexity index is 784. The molecule has 1 aliphatic carbocycles. The fourth-order valence-corrected chi connectivity index (χ4v) is 4.80. The van der Waals surface area contributed by atoms with Gasteiger partial charge < -0.3 is 15.2 Å². The van der Waals surface area contributed by atoms with Crippen LogP contribution in [-0.2, 0) is 9.53 Å². The number of ether oxygens (including phenoxy) is 1. The van der Waals surface area contributed by atoms with Crippen molar-refractivity contribution in [1.82, 2.24) is 10.3 Å². The van der Waals surface area contributed by atoms with Crippen LogP contribution in [0.25, 0.3) is 9.88 Å². The maximum Gasteiger partial charge on any atom is 0.330 e. The first-order chi connectivity index (χ1) is 11.8. The van der Waals surface area contributed by atoms with Crippen molar-refractivity contribution in [1.29, 1.82) is 0 Å². The summed E-state index contributed by atoms with van der Waals surface area (Å²) in [5, 5.41) is 16.8. The molecule has 6 nitrogen and oxygen atoms in total. The first kappa shape index (κ1) is 18.0. The first-order valence-corrected chi connectivity index (χ1v) is 9.74. The highest BCUT2D eigenvalue weighted by molar-refractivity contribution is 7.20. The molecule has 2 N–H and O–H groups in total. The second-order valence-corrected chi connectivity index (χ2v) is 8.36. The van der Waals surface area contributed by atoms with Crippen LogP contribution in [0.4, 0.5) is 0 Å². The van der Waals surface area contributed by atoms with Gasteiger partial charge in [0.05, 0.1) is 11.0 Å². The predicted octanol–water partition coefficient (Wildman–Crippen LogP) is 3.26. The third-order valence-corrected chi connectivity index (χ3v) is 6.81. The standard InChI is InChI=1S/C17H20N2O4S2/c1-4-23-12-8-17(15(21)22,16(12,2)3)19-13(20)10-9-25-14(18-10)11-6-5-7-24-11/h5-7,9,12H,4,8H2,1-3H3,(H,19,20)(H,21,22). The number of thiophene rings is 1. The van der Waals surface area contributed by atoms with E-state index in [2.05, 4.69) is 10.3 Å². The van der Waals surface area contributed by atoms with Crippen LogP contribution in [0.3, 0.4) is 0 Å². The van der Waals surface area contributed by atoms with Crippen molar-refractivity contribution in [3.05, 3.63) is 28.6 Å². The molecule has 2 heterocycles. The average Bonchev–Trinajstić information content (AvgIpc) is 3.23. The molecule has 0 radical (unpaired) electrons. The lowest BCUT2D eigenvalue weighted by molar-refractivity contribution is -0.190. The lowest BCUT2D eigenvalue weighted by atomic mass is 9.54. The number of nitrogens with zero attached hydrogens (tertiary/aromatic N) is 1. The lowest BCUT2D eigenvalue weighted by Crippen LogP contribution is -2.76. The normalized spacial score (nSPS) is 24.5. The number of nitrogens with one attached hydrogen (secondary N) is 1. The molecule has 1 fully saturated rings. The zero-order valence-corrected chi connectivity index (χ0v) is 15.9. The van der Waals surface area contributed by atoms with E-state index >= 15 is 0 Å². The number of amides is 1. The topological polar surface area (TPSA) is 88.5 Å². The van der Waals surface area contributed by atoms with Gasteiger partial charge in [-0.25, -0.2) is 9.78 Å². The minimum atomic E-state index is -1.35. The minimum absolute atomic E-state index is 0.203. The fraction of sp³-hybridized carbons (Fsp3) is 0.471. The Hall–Kier alpha value is -1.77. The number of thiazole rings is 1. The molecule has 3 rings (SSSR count). The second kappa shape index (κ2) is 6.51. The maximum atomic E-state index is 12.6. The van der Waals surface area contributed by atoms with Crippen molar-refractivity contribution in [2.24, 2.45) is 5.41 Å². The molecule has 2 aromatic rings. The van der Waals surface area contributed by atoms with Crippen LogP contribution in [0.5, 0.6) is 0 Å². The van der Waals surface area contributed by atoms with E-state index in [1.807, 2.05) is 38.3 Å². The fourth-order valence-electron chi connectivity index (χ4n) is 3.19. The number of aromatic nitrogens is 1. The summed E-state index contributed by atoms with van der Waals surface area (Å²) in [7, 11) is 0. The van der Waals surface area contributed by atoms with E-state index in [0.29, 0.717) is 6.61 Å². The summed E-state index contributed by atoms with van der Waals surface area (Å²) in [6, 6.07) is 3.86. The summed E-state index contributed by atoms with van der Waals surface area (Å²) in [5.41, 5.74) is -1.82. The smallest absolute Gasteiger partial charge is 0.330 e. The highest BCUT2D eigenvalue weighted by Gasteiger charge is 2.66. The van der Waals surface area contributed by atoms with Crippen LogP contribution in [0.2, 0.25) is 0 Å². The Morgan fingerprint density at radius 2 is 2.20 bits per heavy atom. The Kier molecular flexibility index (Phi) is 4.70. The Morgan fingerprint density at radius 3 is 2.76 bits per heavy atom. The van der Waals surface area contributed by atoms with Crippen molar-refractivity contribution in [2.75, 3.05) is 6.61 Å². The van der Waals surface area contributed by atoms with Crippen LogP contribution < -0.4 is 5.32 Å². The van der Waals surface area contributed by atoms with Crippen LogP contribution in [0, 0.1) is 5.41 Å². The average molecular weight is 380 g/mol. The summed E-state index contributed by atoms with van der Waals surface area (Å²) in [5.74, 6) is -1.51. The Morgan fingerprint density at radius 1 is 1.44 bits per heavy atom. The number of carbonyl (C=O) groups is 2. The Balaban J connectivity index is 1.80. The van der Waals surface area contributed by atoms with Gasteiger partial charge in [-0.05, 0) is 18.4 Å². The summed E-state index contributed by atoms with van der Waals surface area (Å²) in [6.45, 7) is 6.00. The van der Waals surface area contributed by atoms with Gasteiger partial charge in [0, 0.05) is 23.8 Å². The quantitative estimate of drug-likeness (QED) is 0.803. The van der Waals surface area contributed by atoms with Crippen molar-refractivity contribution < 1.29 is 19.4 Å². The van der Waals surface area contributed by atoms with E-state index in [1.54, 1.807) is 16.7 Å². The van der Waals surface area contributed by atoms with Crippen LogP contribution in [0.1, 0.15) is 37.7 Å². The monoisotopic (exact) mass is 380 g/mol. The van der Waals surface area contributed by atoms with Crippen LogP contribution in [0.15, 0.2) is 22.9 Å². The minimum Gasteiger partial charge on any atom is -0.479 e. The lowest BCUT2D eigenvalue weighted by Gasteiger charge is -2.58. The molecular formula is C17H20N2O4S2. The van der Waals surface area contributed by atoms with E-state index in [0.717, 1.165) is 9.88 Å². The zero-order chi connectivity index (χ0) is 18.2. The number of carbonyl (C=O) groups excluding carboxylic acids is 1. The van der Waals surface area contributed by atoms with Crippen LogP contribution in [-0.4, -0.2) is 40.2 Å². The highest BCUT2D eigenvalue weighted by Crippen LogP contribution is 2.51. The molecule has 8 heteroatoms. The molecule has 2 atom stereocenters. The third kappa shape index (κ3) is 2.88. The SMILES string of the molecule is CCOC1CC(NC(=O)c2csc(-c3cccs3)n2)(C(=O)O)C1(C)C. The summed E-state index contributed by atoms with van der Waals surface area (Å²) < 4.78 is 5.61. The number of hydrogen-bond acceptors (Lipinski definition) is 6. The molecule has 0 saturated heterocycles. The van der Waals surface area contributed by atoms with Gasteiger partial charge in [0.25, 0.3) is 5.91 Å². The van der Waals surface area contributed by atoms with Gasteiger partial charge >= 0.3 is 5.97 Å². The highest BCUT2D eigenvalue weighted by atomic mass is 32.1. The number of hydrogen-bond donors (Lipinski definition) is 2. The number of rotatable bonds is 6. The molecule has 2 unspecified atom stereocenters. The molecule has 0 aromatic carbocycles. The first-order valence-electron chi connectivity index (χ1n) is 7.98. The molecule has 0 spiro atoms. The molecule has 134 valence electrons. The van der Waals surface area contributed by atoms with E-state index < -0.39 is 22.8 Å². The molecule has 1 amide bonds. The van der Waals surface area contributed by atoms with E-state index in [-0.39, 0.29) is 18.2 Å². The van der Waals surface area contributed by atoms with Gasteiger partial charge in [0.1, 0.15) is 16.2 Å². The van der Waals surface area contributed by atoms with E-state index in [1.165, 1.54) is 11.3 Å². The predicted molar refractivity (Wildman–Crippen MR) is 97.1 cm³/mol. The number of aliphatic carboxylic acids is 1. The van der Waals surface area contributed by atoms with Gasteiger partial charge in [-0.15, -0.1) is 22.7 Å². The molecule has 1 saturated carbocycles. The summed E-state index contributed by atoms with van der Waals surface area (Å²) in [6.07, 6.45) is 0.0441. The van der Waals surface area contributed by atoms with Gasteiger partial charge in [-0.1, -0.05) is 19.9 Å². The van der Waals surface area contributed by atoms with Gasteiger partial charge in [0.2, 0.25) is 0 Å². The van der Waals surface area contributed by atoms with Crippen molar-refractivity contribution in [2.45, 2.75) is 38.8 Å². The van der Waals surface area contributed by atoms with Crippen molar-refractivity contribution >= 4 is 34.6 Å². The van der Waals surface area contributed by atoms with E-state index in [4.69, 9.17) is 4.74 Å². The second-order valence-electron chi connectivity index (χ2n) is 6.55. The van der Waals surface area contributed by atoms with Gasteiger partial charge in [-0.3, -0.25) is 4.79 Å². The zero-order valence-electron chi connectivity index (χ0n) is 14.2. The van der Waals surface area contributed by atoms with Crippen molar-refractivity contribution in [3.8, 4) is 9.88 Å². The third-order valence-electron chi connectivity index (χ3n) is 4.93. The summed E-state index contributed by atoms with van der Waals surface area (Å²) >= 11 is 2.92. The van der Waals surface area contributed by atoms with Gasteiger partial charge in [0.15, 0.2) is 0 Å². The number of carboxylic acid groups (broad SMARTS) is 1. The number of carboxylic acids is 1. The molecule has 0 bridgehead atoms. The molecule has 1 aliphatic rings. The van der Waals surface area contributed by atoms with Crippen molar-refractivity contribution in [3.63, 3.8) is 0 Å². The van der Waals surface area contributed by atoms with E-state index in [9.17, 15) is 14.7 Å². The van der Waals surface area contributed by atoms with Gasteiger partial charge in [-0.2, -0.15) is 0 Å². The largest absolute Gasteiger partial charge is 0.479 e. The summed E-state index contributed by atoms with van der Waals surface area (Å²) in [4.78, 5) is 29.9.